The van der Waals surface area contributed by atoms with E-state index in [2.05, 4.69) is 58.8 Å². The lowest BCUT2D eigenvalue weighted by molar-refractivity contribution is 1.01. The quantitative estimate of drug-likeness (QED) is 0.395. The van der Waals surface area contributed by atoms with E-state index in [0.717, 1.165) is 28.7 Å². The van der Waals surface area contributed by atoms with E-state index >= 15 is 0 Å². The van der Waals surface area contributed by atoms with E-state index in [1.807, 2.05) is 6.07 Å². The van der Waals surface area contributed by atoms with Crippen LogP contribution in [0.4, 0.5) is 0 Å². The molecule has 1 aromatic heterocycles. The Morgan fingerprint density at radius 1 is 1.19 bits per heavy atom. The topological polar surface area (TPSA) is 66.2 Å². The molecule has 0 fully saturated rings. The first-order valence-electron chi connectivity index (χ1n) is 6.82. The Balaban J connectivity index is 2.10. The van der Waals surface area contributed by atoms with Crippen LogP contribution in [-0.4, -0.2) is 15.8 Å². The highest BCUT2D eigenvalue weighted by atomic mass is 32.1. The van der Waals surface area contributed by atoms with Crippen LogP contribution >= 0.6 is 12.2 Å². The largest absolute Gasteiger partial charge is 0.375 e. The van der Waals surface area contributed by atoms with Gasteiger partial charge in [0, 0.05) is 21.8 Å². The molecule has 0 unspecified atom stereocenters. The second-order valence-electron chi connectivity index (χ2n) is 4.82. The highest BCUT2D eigenvalue weighted by Crippen LogP contribution is 2.26. The van der Waals surface area contributed by atoms with Gasteiger partial charge in [0.2, 0.25) is 0 Å². The van der Waals surface area contributed by atoms with Crippen molar-refractivity contribution < 1.29 is 0 Å². The molecule has 106 valence electrons. The standard InChI is InChI=1S/C16H16N4S/c1-2-13(19-20-16(17)21)10-7-8-12-11-5-3-4-6-14(11)18-15(12)9-10/h3-9,18H,2H2,1H3,(H3,17,20,21)/b19-13+. The molecule has 0 atom stereocenters. The maximum absolute atomic E-state index is 5.42. The molecule has 21 heavy (non-hydrogen) atoms. The highest BCUT2D eigenvalue weighted by molar-refractivity contribution is 7.80. The third-order valence-corrected chi connectivity index (χ3v) is 3.57. The van der Waals surface area contributed by atoms with Gasteiger partial charge >= 0.3 is 0 Å². The third-order valence-electron chi connectivity index (χ3n) is 3.48. The maximum atomic E-state index is 5.42. The van der Waals surface area contributed by atoms with E-state index in [4.69, 9.17) is 18.0 Å². The molecule has 2 aromatic carbocycles. The van der Waals surface area contributed by atoms with Gasteiger partial charge in [0.15, 0.2) is 5.11 Å². The van der Waals surface area contributed by atoms with E-state index < -0.39 is 0 Å². The van der Waals surface area contributed by atoms with Gasteiger partial charge in [-0.3, -0.25) is 5.43 Å². The Kier molecular flexibility index (Phi) is 3.58. The number of H-pyrrole nitrogens is 1. The number of aromatic amines is 1. The van der Waals surface area contributed by atoms with Gasteiger partial charge in [-0.25, -0.2) is 0 Å². The first-order chi connectivity index (χ1) is 10.2. The normalized spacial score (nSPS) is 12.0. The fraction of sp³-hybridized carbons (Fsp3) is 0.125. The van der Waals surface area contributed by atoms with Crippen LogP contribution in [0.25, 0.3) is 21.8 Å². The van der Waals surface area contributed by atoms with Crippen LogP contribution in [-0.2, 0) is 0 Å². The van der Waals surface area contributed by atoms with Crippen molar-refractivity contribution in [1.82, 2.24) is 10.4 Å². The second kappa shape index (κ2) is 5.54. The molecule has 0 saturated carbocycles. The summed E-state index contributed by atoms with van der Waals surface area (Å²) in [5.74, 6) is 0. The number of hydrazone groups is 1. The van der Waals surface area contributed by atoms with Crippen molar-refractivity contribution in [3.63, 3.8) is 0 Å². The third kappa shape index (κ3) is 2.60. The number of benzene rings is 2. The minimum absolute atomic E-state index is 0.174. The molecular formula is C16H16N4S. The van der Waals surface area contributed by atoms with Crippen LogP contribution in [0.3, 0.4) is 0 Å². The lowest BCUT2D eigenvalue weighted by atomic mass is 10.1. The van der Waals surface area contributed by atoms with E-state index in [1.54, 1.807) is 0 Å². The molecular weight excluding hydrogens is 280 g/mol. The van der Waals surface area contributed by atoms with E-state index in [-0.39, 0.29) is 5.11 Å². The number of rotatable bonds is 3. The molecule has 0 bridgehead atoms. The van der Waals surface area contributed by atoms with Gasteiger partial charge in [-0.1, -0.05) is 37.3 Å². The molecule has 3 rings (SSSR count). The van der Waals surface area contributed by atoms with E-state index in [9.17, 15) is 0 Å². The number of aromatic nitrogens is 1. The molecule has 0 aliphatic carbocycles. The number of thiocarbonyl (C=S) groups is 1. The lowest BCUT2D eigenvalue weighted by Gasteiger charge is -2.05. The summed E-state index contributed by atoms with van der Waals surface area (Å²) in [6, 6.07) is 14.6. The van der Waals surface area contributed by atoms with Crippen LogP contribution in [0.1, 0.15) is 18.9 Å². The molecule has 0 spiro atoms. The number of nitrogens with one attached hydrogen (secondary N) is 2. The van der Waals surface area contributed by atoms with Gasteiger partial charge < -0.3 is 10.7 Å². The van der Waals surface area contributed by atoms with Crippen molar-refractivity contribution in [3.05, 3.63) is 48.0 Å². The first kappa shape index (κ1) is 13.6. The van der Waals surface area contributed by atoms with Crippen LogP contribution in [0, 0.1) is 0 Å². The summed E-state index contributed by atoms with van der Waals surface area (Å²) in [5, 5.41) is 6.88. The van der Waals surface area contributed by atoms with Crippen LogP contribution in [0.5, 0.6) is 0 Å². The predicted octanol–water partition coefficient (Wildman–Crippen LogP) is 3.27. The Labute approximate surface area is 128 Å². The van der Waals surface area contributed by atoms with Crippen LogP contribution in [0.2, 0.25) is 0 Å². The Morgan fingerprint density at radius 2 is 1.95 bits per heavy atom. The van der Waals surface area contributed by atoms with Crippen LogP contribution < -0.4 is 11.2 Å². The second-order valence-corrected chi connectivity index (χ2v) is 5.26. The summed E-state index contributed by atoms with van der Waals surface area (Å²) < 4.78 is 0. The van der Waals surface area contributed by atoms with Gasteiger partial charge in [-0.15, -0.1) is 0 Å². The minimum Gasteiger partial charge on any atom is -0.375 e. The average Bonchev–Trinajstić information content (AvgIpc) is 2.85. The lowest BCUT2D eigenvalue weighted by Crippen LogP contribution is -2.25. The van der Waals surface area contributed by atoms with Crippen molar-refractivity contribution in [2.24, 2.45) is 10.8 Å². The zero-order valence-corrected chi connectivity index (χ0v) is 12.5. The predicted molar refractivity (Wildman–Crippen MR) is 92.6 cm³/mol. The summed E-state index contributed by atoms with van der Waals surface area (Å²) in [4.78, 5) is 3.44. The molecule has 0 radical (unpaired) electrons. The fourth-order valence-corrected chi connectivity index (χ4v) is 2.55. The molecule has 0 saturated heterocycles. The minimum atomic E-state index is 0.174. The molecule has 0 amide bonds. The molecule has 4 N–H and O–H groups in total. The molecule has 5 heteroatoms. The van der Waals surface area contributed by atoms with Crippen molar-refractivity contribution in [3.8, 4) is 0 Å². The van der Waals surface area contributed by atoms with Gasteiger partial charge in [-0.05, 0) is 36.3 Å². The number of nitrogens with zero attached hydrogens (tertiary/aromatic N) is 1. The smallest absolute Gasteiger partial charge is 0.184 e. The Morgan fingerprint density at radius 3 is 2.71 bits per heavy atom. The first-order valence-corrected chi connectivity index (χ1v) is 7.22. The monoisotopic (exact) mass is 296 g/mol. The zero-order chi connectivity index (χ0) is 14.8. The van der Waals surface area contributed by atoms with E-state index in [1.165, 1.54) is 10.8 Å². The van der Waals surface area contributed by atoms with Gasteiger partial charge in [0.05, 0.1) is 5.71 Å². The SMILES string of the molecule is CC/C(=N\NC(N)=S)c1ccc2c(c1)[nH]c1ccccc12. The summed E-state index contributed by atoms with van der Waals surface area (Å²) in [6.07, 6.45) is 0.793. The summed E-state index contributed by atoms with van der Waals surface area (Å²) in [7, 11) is 0. The zero-order valence-electron chi connectivity index (χ0n) is 11.7. The highest BCUT2D eigenvalue weighted by Gasteiger charge is 2.07. The molecule has 3 aromatic rings. The number of fused-ring (bicyclic) bond motifs is 3. The number of nitrogens with two attached hydrogens (primary N) is 1. The van der Waals surface area contributed by atoms with Gasteiger partial charge in [0.1, 0.15) is 0 Å². The fourth-order valence-electron chi connectivity index (χ4n) is 2.50. The molecule has 0 aliphatic heterocycles. The number of para-hydroxylation sites is 1. The molecule has 4 nitrogen and oxygen atoms in total. The Bertz CT molecular complexity index is 848. The summed E-state index contributed by atoms with van der Waals surface area (Å²) in [6.45, 7) is 2.05. The molecule has 1 heterocycles. The summed E-state index contributed by atoms with van der Waals surface area (Å²) in [5.41, 5.74) is 12.3. The van der Waals surface area contributed by atoms with Crippen molar-refractivity contribution in [1.29, 1.82) is 0 Å². The van der Waals surface area contributed by atoms with Crippen LogP contribution in [0.15, 0.2) is 47.6 Å². The summed E-state index contributed by atoms with van der Waals surface area (Å²) >= 11 is 4.79. The Hall–Kier alpha value is -2.40. The van der Waals surface area contributed by atoms with Crippen molar-refractivity contribution in [2.45, 2.75) is 13.3 Å². The molecule has 0 aliphatic rings. The maximum Gasteiger partial charge on any atom is 0.184 e. The average molecular weight is 296 g/mol. The van der Waals surface area contributed by atoms with Crippen molar-refractivity contribution in [2.75, 3.05) is 0 Å². The van der Waals surface area contributed by atoms with Crippen molar-refractivity contribution >= 4 is 44.8 Å². The number of hydrogen-bond donors (Lipinski definition) is 3. The number of hydrogen-bond acceptors (Lipinski definition) is 2. The van der Waals surface area contributed by atoms with Gasteiger partial charge in [-0.2, -0.15) is 5.10 Å². The van der Waals surface area contributed by atoms with Gasteiger partial charge in [0.25, 0.3) is 0 Å². The van der Waals surface area contributed by atoms with E-state index in [0.29, 0.717) is 0 Å².